The van der Waals surface area contributed by atoms with Crippen LogP contribution in [0.25, 0.3) is 22.1 Å². The van der Waals surface area contributed by atoms with Crippen LogP contribution in [0.3, 0.4) is 0 Å². The molecular weight excluding hydrogens is 388 g/mol. The number of imidazole rings is 1. The highest BCUT2D eigenvalue weighted by atomic mass is 35.5. The van der Waals surface area contributed by atoms with E-state index in [2.05, 4.69) is 15.0 Å². The van der Waals surface area contributed by atoms with Gasteiger partial charge in [0.25, 0.3) is 0 Å². The standard InChI is InChI=1S/C22H21ClN4O2/c23-15-5-6-19-18(13-15)26-22(29-19)14-9-11-27(12-10-14)21(28)8-7-20-24-16-3-1-2-4-17(16)25-20/h1-6,13-14H,7-12H2,(H,24,25). The lowest BCUT2D eigenvalue weighted by Gasteiger charge is -2.30. The van der Waals surface area contributed by atoms with Gasteiger partial charge in [0.15, 0.2) is 11.5 Å². The summed E-state index contributed by atoms with van der Waals surface area (Å²) in [6, 6.07) is 13.4. The molecule has 1 saturated heterocycles. The van der Waals surface area contributed by atoms with Crippen molar-refractivity contribution in [1.82, 2.24) is 19.9 Å². The molecule has 5 rings (SSSR count). The first-order valence-corrected chi connectivity index (χ1v) is 10.3. The molecule has 1 fully saturated rings. The van der Waals surface area contributed by atoms with Gasteiger partial charge in [0.2, 0.25) is 5.91 Å². The molecule has 0 atom stereocenters. The second-order valence-corrected chi connectivity index (χ2v) is 7.96. The SMILES string of the molecule is O=C(CCc1nc2ccccc2[nH]1)N1CCC(c2nc3cc(Cl)ccc3o2)CC1. The summed E-state index contributed by atoms with van der Waals surface area (Å²) in [5.74, 6) is 2.02. The second-order valence-electron chi connectivity index (χ2n) is 7.52. The van der Waals surface area contributed by atoms with Gasteiger partial charge in [-0.05, 0) is 43.2 Å². The number of hydrogen-bond donors (Lipinski definition) is 1. The van der Waals surface area contributed by atoms with Crippen LogP contribution in [0.5, 0.6) is 0 Å². The van der Waals surface area contributed by atoms with Crippen molar-refractivity contribution < 1.29 is 9.21 Å². The van der Waals surface area contributed by atoms with Crippen LogP contribution in [0.2, 0.25) is 5.02 Å². The van der Waals surface area contributed by atoms with Gasteiger partial charge in [0, 0.05) is 36.9 Å². The van der Waals surface area contributed by atoms with Gasteiger partial charge in [0.1, 0.15) is 11.3 Å². The Morgan fingerprint density at radius 1 is 1.14 bits per heavy atom. The molecule has 0 aliphatic carbocycles. The summed E-state index contributed by atoms with van der Waals surface area (Å²) in [7, 11) is 0. The Balaban J connectivity index is 1.17. The summed E-state index contributed by atoms with van der Waals surface area (Å²) in [5.41, 5.74) is 3.50. The summed E-state index contributed by atoms with van der Waals surface area (Å²) in [5, 5.41) is 0.655. The van der Waals surface area contributed by atoms with E-state index in [9.17, 15) is 4.79 Å². The van der Waals surface area contributed by atoms with Gasteiger partial charge >= 0.3 is 0 Å². The average molecular weight is 409 g/mol. The molecule has 29 heavy (non-hydrogen) atoms. The predicted octanol–water partition coefficient (Wildman–Crippen LogP) is 4.70. The molecule has 1 amide bonds. The Kier molecular flexibility index (Phi) is 4.72. The van der Waals surface area contributed by atoms with Crippen molar-refractivity contribution in [3.63, 3.8) is 0 Å². The van der Waals surface area contributed by atoms with Crippen LogP contribution in [0, 0.1) is 0 Å². The minimum atomic E-state index is 0.174. The molecule has 0 radical (unpaired) electrons. The monoisotopic (exact) mass is 408 g/mol. The number of carbonyl (C=O) groups is 1. The summed E-state index contributed by atoms with van der Waals surface area (Å²) in [6.07, 6.45) is 2.80. The fourth-order valence-electron chi connectivity index (χ4n) is 3.98. The minimum Gasteiger partial charge on any atom is -0.440 e. The molecular formula is C22H21ClN4O2. The highest BCUT2D eigenvalue weighted by Gasteiger charge is 2.27. The highest BCUT2D eigenvalue weighted by molar-refractivity contribution is 6.31. The zero-order valence-electron chi connectivity index (χ0n) is 15.9. The van der Waals surface area contributed by atoms with Crippen molar-refractivity contribution in [3.8, 4) is 0 Å². The van der Waals surface area contributed by atoms with E-state index in [4.69, 9.17) is 16.0 Å². The Bertz CT molecular complexity index is 1140. The fourth-order valence-corrected chi connectivity index (χ4v) is 4.14. The highest BCUT2D eigenvalue weighted by Crippen LogP contribution is 2.31. The smallest absolute Gasteiger partial charge is 0.223 e. The Morgan fingerprint density at radius 3 is 2.79 bits per heavy atom. The van der Waals surface area contributed by atoms with Gasteiger partial charge in [-0.2, -0.15) is 0 Å². The number of rotatable bonds is 4. The van der Waals surface area contributed by atoms with Crippen molar-refractivity contribution in [2.75, 3.05) is 13.1 Å². The van der Waals surface area contributed by atoms with E-state index in [0.29, 0.717) is 17.9 Å². The molecule has 0 bridgehead atoms. The first-order valence-electron chi connectivity index (χ1n) is 9.93. The third-order valence-electron chi connectivity index (χ3n) is 5.58. The maximum absolute atomic E-state index is 12.6. The first-order chi connectivity index (χ1) is 14.2. The number of nitrogens with zero attached hydrogens (tertiary/aromatic N) is 3. The van der Waals surface area contributed by atoms with Crippen LogP contribution in [0.1, 0.15) is 36.9 Å². The van der Waals surface area contributed by atoms with Gasteiger partial charge in [-0.3, -0.25) is 4.79 Å². The third-order valence-corrected chi connectivity index (χ3v) is 5.81. The Hall–Kier alpha value is -2.86. The molecule has 1 aliphatic heterocycles. The van der Waals surface area contributed by atoms with E-state index in [0.717, 1.165) is 59.8 Å². The zero-order chi connectivity index (χ0) is 19.8. The van der Waals surface area contributed by atoms with E-state index in [1.54, 1.807) is 0 Å². The van der Waals surface area contributed by atoms with Gasteiger partial charge in [-0.25, -0.2) is 9.97 Å². The largest absolute Gasteiger partial charge is 0.440 e. The van der Waals surface area contributed by atoms with Crippen LogP contribution in [0.4, 0.5) is 0 Å². The Morgan fingerprint density at radius 2 is 1.97 bits per heavy atom. The molecule has 0 spiro atoms. The normalized spacial score (nSPS) is 15.4. The number of para-hydroxylation sites is 2. The third kappa shape index (κ3) is 3.72. The van der Waals surface area contributed by atoms with Crippen LogP contribution < -0.4 is 0 Å². The van der Waals surface area contributed by atoms with Crippen LogP contribution in [0.15, 0.2) is 46.9 Å². The zero-order valence-corrected chi connectivity index (χ0v) is 16.7. The van der Waals surface area contributed by atoms with Gasteiger partial charge in [-0.1, -0.05) is 23.7 Å². The molecule has 0 unspecified atom stereocenters. The lowest BCUT2D eigenvalue weighted by molar-refractivity contribution is -0.132. The number of aromatic nitrogens is 3. The lowest BCUT2D eigenvalue weighted by atomic mass is 9.96. The van der Waals surface area contributed by atoms with E-state index in [-0.39, 0.29) is 11.8 Å². The summed E-state index contributed by atoms with van der Waals surface area (Å²) < 4.78 is 5.91. The van der Waals surface area contributed by atoms with Crippen LogP contribution in [-0.2, 0) is 11.2 Å². The van der Waals surface area contributed by atoms with Crippen molar-refractivity contribution in [3.05, 3.63) is 59.2 Å². The molecule has 7 heteroatoms. The number of nitrogens with one attached hydrogen (secondary N) is 1. The number of hydrogen-bond acceptors (Lipinski definition) is 4. The maximum Gasteiger partial charge on any atom is 0.223 e. The van der Waals surface area contributed by atoms with Crippen LogP contribution >= 0.6 is 11.6 Å². The quantitative estimate of drug-likeness (QED) is 0.531. The van der Waals surface area contributed by atoms with Gasteiger partial charge in [-0.15, -0.1) is 0 Å². The number of aryl methyl sites for hydroxylation is 1. The Labute approximate surface area is 172 Å². The number of H-pyrrole nitrogens is 1. The molecule has 2 aromatic heterocycles. The minimum absolute atomic E-state index is 0.174. The summed E-state index contributed by atoms with van der Waals surface area (Å²) in [6.45, 7) is 1.45. The van der Waals surface area contributed by atoms with Gasteiger partial charge < -0.3 is 14.3 Å². The van der Waals surface area contributed by atoms with Crippen molar-refractivity contribution in [2.45, 2.75) is 31.6 Å². The van der Waals surface area contributed by atoms with Gasteiger partial charge in [0.05, 0.1) is 11.0 Å². The molecule has 1 N–H and O–H groups in total. The predicted molar refractivity (Wildman–Crippen MR) is 112 cm³/mol. The van der Waals surface area contributed by atoms with E-state index >= 15 is 0 Å². The molecule has 0 saturated carbocycles. The lowest BCUT2D eigenvalue weighted by Crippen LogP contribution is -2.38. The van der Waals surface area contributed by atoms with Crippen LogP contribution in [-0.4, -0.2) is 38.8 Å². The topological polar surface area (TPSA) is 75.0 Å². The molecule has 2 aromatic carbocycles. The van der Waals surface area contributed by atoms with Crippen molar-refractivity contribution >= 4 is 39.6 Å². The number of piperidine rings is 1. The second kappa shape index (κ2) is 7.52. The number of likely N-dealkylation sites (tertiary alicyclic amines) is 1. The first kappa shape index (κ1) is 18.2. The number of amides is 1. The number of benzene rings is 2. The molecule has 6 nitrogen and oxygen atoms in total. The van der Waals surface area contributed by atoms with Crippen molar-refractivity contribution in [2.24, 2.45) is 0 Å². The molecule has 148 valence electrons. The number of halogens is 1. The molecule has 4 aromatic rings. The summed E-state index contributed by atoms with van der Waals surface area (Å²) in [4.78, 5) is 27.0. The number of fused-ring (bicyclic) bond motifs is 2. The number of oxazole rings is 1. The maximum atomic E-state index is 12.6. The van der Waals surface area contributed by atoms with Crippen molar-refractivity contribution in [1.29, 1.82) is 0 Å². The number of carbonyl (C=O) groups excluding carboxylic acids is 1. The van der Waals surface area contributed by atoms with E-state index < -0.39 is 0 Å². The summed E-state index contributed by atoms with van der Waals surface area (Å²) >= 11 is 6.03. The average Bonchev–Trinajstić information content (AvgIpc) is 3.35. The van der Waals surface area contributed by atoms with E-state index in [1.807, 2.05) is 47.4 Å². The fraction of sp³-hybridized carbons (Fsp3) is 0.318. The van der Waals surface area contributed by atoms with E-state index in [1.165, 1.54) is 0 Å². The molecule has 3 heterocycles. The number of aromatic amines is 1. The molecule has 1 aliphatic rings.